The molecule has 2 aromatic heterocycles. The molecule has 6 rings (SSSR count). The van der Waals surface area contributed by atoms with E-state index in [4.69, 9.17) is 9.47 Å². The molecule has 10 nitrogen and oxygen atoms in total. The Hall–Kier alpha value is -5.22. The van der Waals surface area contributed by atoms with E-state index in [1.807, 2.05) is 24.3 Å². The minimum absolute atomic E-state index is 0.0698. The van der Waals surface area contributed by atoms with Gasteiger partial charge in [-0.2, -0.15) is 26.3 Å². The van der Waals surface area contributed by atoms with Gasteiger partial charge in [-0.05, 0) is 128 Å². The van der Waals surface area contributed by atoms with E-state index in [0.29, 0.717) is 0 Å². The first-order chi connectivity index (χ1) is 30.0. The van der Waals surface area contributed by atoms with E-state index in [2.05, 4.69) is 82.6 Å². The van der Waals surface area contributed by atoms with Crippen molar-refractivity contribution in [2.24, 2.45) is 10.8 Å². The number of amides is 2. The molecule has 0 spiro atoms. The summed E-state index contributed by atoms with van der Waals surface area (Å²) in [5, 5.41) is 6.30. The van der Waals surface area contributed by atoms with Crippen LogP contribution in [-0.4, -0.2) is 97.2 Å². The van der Waals surface area contributed by atoms with Gasteiger partial charge in [0.1, 0.15) is 24.3 Å². The van der Waals surface area contributed by atoms with Crippen molar-refractivity contribution in [3.05, 3.63) is 119 Å². The van der Waals surface area contributed by atoms with Gasteiger partial charge in [-0.25, -0.2) is 9.97 Å². The Morgan fingerprint density at radius 3 is 1.31 bits per heavy atom. The molecule has 64 heavy (non-hydrogen) atoms. The fraction of sp³-hybridized carbons (Fsp3) is 0.500. The number of nitrogens with zero attached hydrogens (tertiary/aromatic N) is 4. The Balaban J connectivity index is 0.000000241. The molecule has 0 radical (unpaired) electrons. The number of hydrogen-bond donors (Lipinski definition) is 2. The molecule has 2 saturated heterocycles. The van der Waals surface area contributed by atoms with E-state index in [9.17, 15) is 35.9 Å². The van der Waals surface area contributed by atoms with Crippen LogP contribution >= 0.6 is 0 Å². The summed E-state index contributed by atoms with van der Waals surface area (Å²) in [6.45, 7) is 13.7. The van der Waals surface area contributed by atoms with Crippen LogP contribution in [0.2, 0.25) is 0 Å². The number of hydrogen-bond acceptors (Lipinski definition) is 8. The lowest BCUT2D eigenvalue weighted by molar-refractivity contribution is -0.141. The molecular weight excluding hydrogens is 839 g/mol. The van der Waals surface area contributed by atoms with Gasteiger partial charge in [0.2, 0.25) is 23.6 Å². The topological polar surface area (TPSA) is 109 Å². The number of carbonyl (C=O) groups is 2. The highest BCUT2D eigenvalue weighted by atomic mass is 19.4. The number of piperidine rings is 2. The number of aromatic nitrogens is 2. The van der Waals surface area contributed by atoms with Crippen LogP contribution in [0.1, 0.15) is 85.8 Å². The summed E-state index contributed by atoms with van der Waals surface area (Å²) in [4.78, 5) is 38.2. The van der Waals surface area contributed by atoms with Gasteiger partial charge >= 0.3 is 12.4 Å². The number of pyridine rings is 2. The number of benzene rings is 2. The van der Waals surface area contributed by atoms with E-state index < -0.39 is 46.1 Å². The first kappa shape index (κ1) is 49.8. The predicted molar refractivity (Wildman–Crippen MR) is 233 cm³/mol. The van der Waals surface area contributed by atoms with Gasteiger partial charge in [0, 0.05) is 49.4 Å². The molecule has 0 unspecified atom stereocenters. The molecule has 4 atom stereocenters. The number of carbonyl (C=O) groups excluding carboxylic acids is 2. The first-order valence-corrected chi connectivity index (χ1v) is 21.4. The summed E-state index contributed by atoms with van der Waals surface area (Å²) in [6, 6.07) is 20.4. The molecule has 0 saturated carbocycles. The van der Waals surface area contributed by atoms with Gasteiger partial charge < -0.3 is 29.9 Å². The highest BCUT2D eigenvalue weighted by molar-refractivity contribution is 5.83. The monoisotopic (exact) mass is 898 g/mol. The Labute approximate surface area is 372 Å². The average molecular weight is 899 g/mol. The zero-order chi connectivity index (χ0) is 47.0. The van der Waals surface area contributed by atoms with E-state index in [1.54, 1.807) is 27.7 Å². The largest absolute Gasteiger partial charge is 0.476 e. The smallest absolute Gasteiger partial charge is 0.421 e. The molecule has 348 valence electrons. The third-order valence-electron chi connectivity index (χ3n) is 12.0. The van der Waals surface area contributed by atoms with Crippen molar-refractivity contribution in [1.29, 1.82) is 0 Å². The maximum Gasteiger partial charge on any atom is 0.421 e. The molecule has 2 N–H and O–H groups in total. The second-order valence-electron chi connectivity index (χ2n) is 18.2. The van der Waals surface area contributed by atoms with Crippen LogP contribution in [0.25, 0.3) is 0 Å². The zero-order valence-corrected chi connectivity index (χ0v) is 37.7. The number of halogens is 6. The fourth-order valence-electron chi connectivity index (χ4n) is 8.01. The predicted octanol–water partition coefficient (Wildman–Crippen LogP) is 8.84. The van der Waals surface area contributed by atoms with Crippen LogP contribution in [0, 0.1) is 24.7 Å². The molecule has 2 fully saturated rings. The number of likely N-dealkylation sites (N-methyl/N-ethyl adjacent to an activating group) is 2. The third kappa shape index (κ3) is 13.0. The quantitative estimate of drug-likeness (QED) is 0.136. The summed E-state index contributed by atoms with van der Waals surface area (Å²) in [7, 11) is 4.12. The number of ether oxygens (including phenoxy) is 2. The maximum absolute atomic E-state index is 13.2. The van der Waals surface area contributed by atoms with Gasteiger partial charge in [-0.1, -0.05) is 48.5 Å². The van der Waals surface area contributed by atoms with Crippen molar-refractivity contribution in [3.8, 4) is 11.8 Å². The summed E-state index contributed by atoms with van der Waals surface area (Å²) in [5.74, 6) is -1.28. The second-order valence-corrected chi connectivity index (χ2v) is 18.2. The van der Waals surface area contributed by atoms with Gasteiger partial charge in [0.25, 0.3) is 0 Å². The van der Waals surface area contributed by atoms with Crippen LogP contribution < -0.4 is 20.1 Å². The molecular formula is C48H60F6N6O4. The maximum atomic E-state index is 13.2. The normalized spacial score (nSPS) is 20.1. The highest BCUT2D eigenvalue weighted by Gasteiger charge is 2.40. The number of likely N-dealkylation sites (tertiary alicyclic amines) is 2. The van der Waals surface area contributed by atoms with Crippen molar-refractivity contribution in [1.82, 2.24) is 30.4 Å². The van der Waals surface area contributed by atoms with Gasteiger partial charge in [-0.3, -0.25) is 9.59 Å². The standard InChI is InChI=1S/2C24H30F3N3O2/c2*1-16-8-5-6-9-17(16)18-14-30(4)13-11-20(18)29-22(31)23(2,3)15-32-21-19(24(25,26)27)10-7-12-28-21/h2*5-10,12,18,20H,11,13-15H2,1-4H3,(H,29,31)/t2*18-,20+/m10/s1. The Bertz CT molecular complexity index is 2050. The van der Waals surface area contributed by atoms with Crippen LogP contribution in [0.5, 0.6) is 11.8 Å². The fourth-order valence-corrected chi connectivity index (χ4v) is 8.01. The van der Waals surface area contributed by atoms with Crippen molar-refractivity contribution >= 4 is 11.8 Å². The molecule has 2 aromatic carbocycles. The van der Waals surface area contributed by atoms with Crippen molar-refractivity contribution in [3.63, 3.8) is 0 Å². The van der Waals surface area contributed by atoms with Crippen LogP contribution in [0.4, 0.5) is 26.3 Å². The highest BCUT2D eigenvalue weighted by Crippen LogP contribution is 2.37. The van der Waals surface area contributed by atoms with Crippen molar-refractivity contribution in [2.45, 2.75) is 90.7 Å². The minimum Gasteiger partial charge on any atom is -0.476 e. The number of aryl methyl sites for hydroxylation is 2. The van der Waals surface area contributed by atoms with E-state index >= 15 is 0 Å². The number of rotatable bonds is 12. The van der Waals surface area contributed by atoms with Gasteiger partial charge in [0.05, 0.1) is 10.8 Å². The summed E-state index contributed by atoms with van der Waals surface area (Å²) in [5.41, 5.74) is 0.745. The summed E-state index contributed by atoms with van der Waals surface area (Å²) >= 11 is 0. The van der Waals surface area contributed by atoms with Gasteiger partial charge in [-0.15, -0.1) is 0 Å². The lowest BCUT2D eigenvalue weighted by Crippen LogP contribution is -2.52. The van der Waals surface area contributed by atoms with E-state index in [1.165, 1.54) is 46.8 Å². The molecule has 2 aliphatic heterocycles. The van der Waals surface area contributed by atoms with Crippen molar-refractivity contribution < 1.29 is 45.4 Å². The average Bonchev–Trinajstić information content (AvgIpc) is 3.23. The second kappa shape index (κ2) is 20.7. The first-order valence-electron chi connectivity index (χ1n) is 21.4. The molecule has 0 bridgehead atoms. The van der Waals surface area contributed by atoms with E-state index in [-0.39, 0.29) is 48.9 Å². The number of nitrogens with one attached hydrogen (secondary N) is 2. The summed E-state index contributed by atoms with van der Waals surface area (Å²) < 4.78 is 90.0. The Morgan fingerprint density at radius 2 is 0.969 bits per heavy atom. The number of alkyl halides is 6. The van der Waals surface area contributed by atoms with Crippen molar-refractivity contribution in [2.75, 3.05) is 53.5 Å². The third-order valence-corrected chi connectivity index (χ3v) is 12.0. The molecule has 2 aliphatic rings. The van der Waals surface area contributed by atoms with Gasteiger partial charge in [0.15, 0.2) is 0 Å². The lowest BCUT2D eigenvalue weighted by Gasteiger charge is -2.39. The van der Waals surface area contributed by atoms with E-state index in [0.717, 1.165) is 51.2 Å². The SMILES string of the molecule is Cc1ccccc1[C@@H]1CN(C)CC[C@H]1NC(=O)C(C)(C)COc1ncccc1C(F)(F)F.Cc1ccccc1[C@H]1CN(C)CC[C@@H]1NC(=O)C(C)(C)COc1ncccc1C(F)(F)F. The molecule has 0 aliphatic carbocycles. The van der Waals surface area contributed by atoms with Crippen LogP contribution in [0.3, 0.4) is 0 Å². The Morgan fingerprint density at radius 1 is 0.609 bits per heavy atom. The molecule has 4 aromatic rings. The lowest BCUT2D eigenvalue weighted by atomic mass is 9.83. The molecule has 4 heterocycles. The molecule has 16 heteroatoms. The van der Waals surface area contributed by atoms with Crippen LogP contribution in [0.15, 0.2) is 85.2 Å². The molecule has 2 amide bonds. The zero-order valence-electron chi connectivity index (χ0n) is 37.7. The Kier molecular flexibility index (Phi) is 16.1. The minimum atomic E-state index is -4.58. The van der Waals surface area contributed by atoms with Crippen LogP contribution in [-0.2, 0) is 21.9 Å². The summed E-state index contributed by atoms with van der Waals surface area (Å²) in [6.07, 6.45) is -5.10.